The van der Waals surface area contributed by atoms with Crippen LogP contribution in [0, 0.1) is 11.3 Å². The molecule has 3 heteroatoms. The van der Waals surface area contributed by atoms with Crippen LogP contribution in [0.25, 0.3) is 0 Å². The molecule has 1 aliphatic rings. The summed E-state index contributed by atoms with van der Waals surface area (Å²) in [6, 6.07) is 0. The maximum Gasteiger partial charge on any atom is 0.130 e. The van der Waals surface area contributed by atoms with Crippen LogP contribution in [-0.4, -0.2) is 27.7 Å². The van der Waals surface area contributed by atoms with Crippen LogP contribution in [0.1, 0.15) is 73.1 Å². The SMILES string of the molecule is CC(=O)CCC=C(C)CCC1C(C)(O)CCC(O)C1(C)C. The molecular weight excluding hydrogens is 264 g/mol. The minimum atomic E-state index is -0.706. The van der Waals surface area contributed by atoms with Crippen molar-refractivity contribution in [3.8, 4) is 0 Å². The minimum Gasteiger partial charge on any atom is -0.393 e. The summed E-state index contributed by atoms with van der Waals surface area (Å²) in [5, 5.41) is 20.9. The molecule has 1 saturated carbocycles. The van der Waals surface area contributed by atoms with Crippen molar-refractivity contribution in [1.29, 1.82) is 0 Å². The van der Waals surface area contributed by atoms with E-state index in [1.54, 1.807) is 6.92 Å². The van der Waals surface area contributed by atoms with Crippen LogP contribution in [-0.2, 0) is 4.79 Å². The standard InChI is InChI=1S/C18H32O3/c1-13(7-6-8-14(2)19)9-10-15-17(3,4)16(20)11-12-18(15,5)21/h7,15-16,20-21H,6,8-12H2,1-5H3. The van der Waals surface area contributed by atoms with Gasteiger partial charge in [-0.25, -0.2) is 0 Å². The second-order valence-corrected chi connectivity index (χ2v) is 7.62. The summed E-state index contributed by atoms with van der Waals surface area (Å²) < 4.78 is 0. The van der Waals surface area contributed by atoms with E-state index >= 15 is 0 Å². The molecule has 3 atom stereocenters. The summed E-state index contributed by atoms with van der Waals surface area (Å²) in [6.45, 7) is 9.73. The molecule has 21 heavy (non-hydrogen) atoms. The van der Waals surface area contributed by atoms with Crippen LogP contribution in [0.2, 0.25) is 0 Å². The van der Waals surface area contributed by atoms with Gasteiger partial charge in [0.25, 0.3) is 0 Å². The van der Waals surface area contributed by atoms with Gasteiger partial charge in [0.1, 0.15) is 5.78 Å². The van der Waals surface area contributed by atoms with E-state index in [2.05, 4.69) is 26.8 Å². The smallest absolute Gasteiger partial charge is 0.130 e. The van der Waals surface area contributed by atoms with E-state index in [9.17, 15) is 15.0 Å². The molecule has 0 aromatic rings. The Morgan fingerprint density at radius 3 is 2.43 bits per heavy atom. The Morgan fingerprint density at radius 2 is 1.86 bits per heavy atom. The molecule has 0 aromatic heterocycles. The Kier molecular flexibility index (Phi) is 6.18. The largest absolute Gasteiger partial charge is 0.393 e. The molecule has 3 unspecified atom stereocenters. The number of aliphatic hydroxyl groups is 2. The van der Waals surface area contributed by atoms with Crippen molar-refractivity contribution >= 4 is 5.78 Å². The molecule has 0 amide bonds. The van der Waals surface area contributed by atoms with Gasteiger partial charge in [0.2, 0.25) is 0 Å². The highest BCUT2D eigenvalue weighted by molar-refractivity contribution is 5.75. The second-order valence-electron chi connectivity index (χ2n) is 7.62. The second kappa shape index (κ2) is 7.06. The third kappa shape index (κ3) is 4.93. The van der Waals surface area contributed by atoms with Crippen LogP contribution in [0.3, 0.4) is 0 Å². The van der Waals surface area contributed by atoms with E-state index in [0.29, 0.717) is 19.3 Å². The lowest BCUT2D eigenvalue weighted by Crippen LogP contribution is -2.53. The first kappa shape index (κ1) is 18.4. The fraction of sp³-hybridized carbons (Fsp3) is 0.833. The number of hydrogen-bond acceptors (Lipinski definition) is 3. The lowest BCUT2D eigenvalue weighted by Gasteiger charge is -2.51. The summed E-state index contributed by atoms with van der Waals surface area (Å²) in [5.74, 6) is 0.309. The van der Waals surface area contributed by atoms with Gasteiger partial charge in [-0.15, -0.1) is 0 Å². The van der Waals surface area contributed by atoms with Gasteiger partial charge < -0.3 is 15.0 Å². The molecule has 3 nitrogen and oxygen atoms in total. The molecule has 1 aliphatic carbocycles. The number of carbonyl (C=O) groups excluding carboxylic acids is 1. The number of carbonyl (C=O) groups is 1. The summed E-state index contributed by atoms with van der Waals surface area (Å²) in [4.78, 5) is 10.9. The van der Waals surface area contributed by atoms with Gasteiger partial charge >= 0.3 is 0 Å². The number of aliphatic hydroxyl groups excluding tert-OH is 1. The molecule has 0 saturated heterocycles. The highest BCUT2D eigenvalue weighted by Gasteiger charge is 2.49. The maximum absolute atomic E-state index is 10.9. The quantitative estimate of drug-likeness (QED) is 0.736. The lowest BCUT2D eigenvalue weighted by atomic mass is 9.59. The van der Waals surface area contributed by atoms with Crippen molar-refractivity contribution in [2.45, 2.75) is 84.8 Å². The normalized spacial score (nSPS) is 33.0. The molecule has 0 radical (unpaired) electrons. The van der Waals surface area contributed by atoms with Crippen molar-refractivity contribution in [2.75, 3.05) is 0 Å². The van der Waals surface area contributed by atoms with Gasteiger partial charge in [0.05, 0.1) is 11.7 Å². The number of allylic oxidation sites excluding steroid dienone is 2. The lowest BCUT2D eigenvalue weighted by molar-refractivity contribution is -0.145. The Morgan fingerprint density at radius 1 is 1.24 bits per heavy atom. The fourth-order valence-corrected chi connectivity index (χ4v) is 3.69. The van der Waals surface area contributed by atoms with Crippen LogP contribution >= 0.6 is 0 Å². The zero-order chi connectivity index (χ0) is 16.3. The molecule has 122 valence electrons. The number of ketones is 1. The maximum atomic E-state index is 10.9. The Labute approximate surface area is 129 Å². The predicted octanol–water partition coefficient (Wildman–Crippen LogP) is 3.63. The van der Waals surface area contributed by atoms with E-state index in [0.717, 1.165) is 19.3 Å². The molecule has 0 heterocycles. The molecular formula is C18H32O3. The first-order valence-corrected chi connectivity index (χ1v) is 8.13. The molecule has 0 aliphatic heterocycles. The summed E-state index contributed by atoms with van der Waals surface area (Å²) >= 11 is 0. The number of rotatable bonds is 6. The number of Topliss-reactive ketones (excluding diaryl/α,β-unsaturated/α-hetero) is 1. The number of hydrogen-bond donors (Lipinski definition) is 2. The molecule has 0 spiro atoms. The van der Waals surface area contributed by atoms with Gasteiger partial charge in [-0.05, 0) is 64.2 Å². The van der Waals surface area contributed by atoms with E-state index in [1.165, 1.54) is 5.57 Å². The van der Waals surface area contributed by atoms with Crippen LogP contribution in [0.5, 0.6) is 0 Å². The van der Waals surface area contributed by atoms with Crippen LogP contribution in [0.4, 0.5) is 0 Å². The topological polar surface area (TPSA) is 57.5 Å². The summed E-state index contributed by atoms with van der Waals surface area (Å²) in [5.41, 5.74) is 0.298. The third-order valence-corrected chi connectivity index (χ3v) is 5.25. The minimum absolute atomic E-state index is 0.0879. The van der Waals surface area contributed by atoms with Gasteiger partial charge in [0.15, 0.2) is 0 Å². The third-order valence-electron chi connectivity index (χ3n) is 5.25. The summed E-state index contributed by atoms with van der Waals surface area (Å²) in [6.07, 6.45) is 6.30. The van der Waals surface area contributed by atoms with E-state index in [1.807, 2.05) is 6.92 Å². The molecule has 0 bridgehead atoms. The van der Waals surface area contributed by atoms with Crippen LogP contribution < -0.4 is 0 Å². The van der Waals surface area contributed by atoms with Crippen molar-refractivity contribution in [1.82, 2.24) is 0 Å². The van der Waals surface area contributed by atoms with Crippen molar-refractivity contribution in [3.05, 3.63) is 11.6 Å². The van der Waals surface area contributed by atoms with Gasteiger partial charge in [-0.3, -0.25) is 0 Å². The van der Waals surface area contributed by atoms with Crippen molar-refractivity contribution in [3.63, 3.8) is 0 Å². The van der Waals surface area contributed by atoms with E-state index in [4.69, 9.17) is 0 Å². The van der Waals surface area contributed by atoms with E-state index < -0.39 is 5.60 Å². The first-order chi connectivity index (χ1) is 9.57. The average molecular weight is 296 g/mol. The molecule has 1 fully saturated rings. The van der Waals surface area contributed by atoms with Gasteiger partial charge in [-0.1, -0.05) is 25.5 Å². The van der Waals surface area contributed by atoms with Crippen LogP contribution in [0.15, 0.2) is 11.6 Å². The fourth-order valence-electron chi connectivity index (χ4n) is 3.69. The molecule has 0 aromatic carbocycles. The molecule has 1 rings (SSSR count). The van der Waals surface area contributed by atoms with Gasteiger partial charge in [-0.2, -0.15) is 0 Å². The van der Waals surface area contributed by atoms with E-state index in [-0.39, 0.29) is 23.2 Å². The Balaban J connectivity index is 2.64. The predicted molar refractivity (Wildman–Crippen MR) is 86.0 cm³/mol. The average Bonchev–Trinajstić information content (AvgIpc) is 2.33. The Bertz CT molecular complexity index is 393. The van der Waals surface area contributed by atoms with Crippen molar-refractivity contribution in [2.24, 2.45) is 11.3 Å². The van der Waals surface area contributed by atoms with Gasteiger partial charge in [0, 0.05) is 6.42 Å². The highest BCUT2D eigenvalue weighted by atomic mass is 16.3. The summed E-state index contributed by atoms with van der Waals surface area (Å²) in [7, 11) is 0. The highest BCUT2D eigenvalue weighted by Crippen LogP contribution is 2.48. The first-order valence-electron chi connectivity index (χ1n) is 8.13. The zero-order valence-electron chi connectivity index (χ0n) is 14.3. The zero-order valence-corrected chi connectivity index (χ0v) is 14.3. The monoisotopic (exact) mass is 296 g/mol. The Hall–Kier alpha value is -0.670. The molecule has 2 N–H and O–H groups in total. The van der Waals surface area contributed by atoms with Crippen molar-refractivity contribution < 1.29 is 15.0 Å².